The number of ether oxygens (including phenoxy) is 2. The Bertz CT molecular complexity index is 1220. The molecule has 152 valence electrons. The van der Waals surface area contributed by atoms with Gasteiger partial charge in [0.05, 0.1) is 30.0 Å². The third-order valence-electron chi connectivity index (χ3n) is 6.04. The van der Waals surface area contributed by atoms with Crippen LogP contribution in [-0.4, -0.2) is 37.9 Å². The van der Waals surface area contributed by atoms with E-state index in [1.807, 2.05) is 16.8 Å². The SMILES string of the molecule is Cc1ccc2c(c1)CCC(c1nc(-c3ccc4nc[nH]c4c3)nn1C1CCOC1)O2. The topological polar surface area (TPSA) is 77.9 Å². The van der Waals surface area contributed by atoms with Crippen molar-refractivity contribution >= 4 is 11.0 Å². The summed E-state index contributed by atoms with van der Waals surface area (Å²) in [5, 5.41) is 4.91. The molecule has 2 atom stereocenters. The van der Waals surface area contributed by atoms with E-state index in [2.05, 4.69) is 41.2 Å². The van der Waals surface area contributed by atoms with Crippen LogP contribution in [0.5, 0.6) is 5.75 Å². The second-order valence-corrected chi connectivity index (χ2v) is 8.15. The van der Waals surface area contributed by atoms with Crippen molar-refractivity contribution in [1.29, 1.82) is 0 Å². The van der Waals surface area contributed by atoms with E-state index in [1.165, 1.54) is 11.1 Å². The molecule has 4 heterocycles. The molecule has 4 aromatic rings. The highest BCUT2D eigenvalue weighted by Crippen LogP contribution is 2.37. The maximum absolute atomic E-state index is 6.40. The maximum atomic E-state index is 6.40. The Morgan fingerprint density at radius 3 is 3.00 bits per heavy atom. The van der Waals surface area contributed by atoms with Crippen molar-refractivity contribution in [3.05, 3.63) is 59.7 Å². The summed E-state index contributed by atoms with van der Waals surface area (Å²) in [7, 11) is 0. The minimum absolute atomic E-state index is 0.113. The third-order valence-corrected chi connectivity index (χ3v) is 6.04. The summed E-state index contributed by atoms with van der Waals surface area (Å²) in [6.07, 6.45) is 4.40. The molecular weight excluding hydrogens is 378 g/mol. The summed E-state index contributed by atoms with van der Waals surface area (Å²) in [5.74, 6) is 2.55. The number of imidazole rings is 1. The van der Waals surface area contributed by atoms with Crippen molar-refractivity contribution in [3.8, 4) is 17.1 Å². The van der Waals surface area contributed by atoms with Gasteiger partial charge >= 0.3 is 0 Å². The molecule has 2 aromatic carbocycles. The molecule has 0 aliphatic carbocycles. The molecule has 2 aliphatic heterocycles. The molecule has 2 aromatic heterocycles. The van der Waals surface area contributed by atoms with Crippen molar-refractivity contribution in [1.82, 2.24) is 24.7 Å². The Hall–Kier alpha value is -3.19. The van der Waals surface area contributed by atoms with Gasteiger partial charge in [-0.05, 0) is 56.0 Å². The highest BCUT2D eigenvalue weighted by molar-refractivity contribution is 5.79. The number of nitrogens with one attached hydrogen (secondary N) is 1. The summed E-state index contributed by atoms with van der Waals surface area (Å²) in [6.45, 7) is 3.54. The molecule has 0 saturated carbocycles. The van der Waals surface area contributed by atoms with Crippen LogP contribution in [0.4, 0.5) is 0 Å². The van der Waals surface area contributed by atoms with Crippen LogP contribution in [0.2, 0.25) is 0 Å². The molecule has 1 saturated heterocycles. The molecule has 7 heteroatoms. The zero-order valence-electron chi connectivity index (χ0n) is 16.8. The van der Waals surface area contributed by atoms with Gasteiger partial charge in [-0.3, -0.25) is 0 Å². The van der Waals surface area contributed by atoms with E-state index in [0.717, 1.165) is 54.0 Å². The van der Waals surface area contributed by atoms with Crippen LogP contribution in [0.25, 0.3) is 22.4 Å². The summed E-state index contributed by atoms with van der Waals surface area (Å²) in [5.41, 5.74) is 5.42. The van der Waals surface area contributed by atoms with Crippen LogP contribution in [0.15, 0.2) is 42.7 Å². The summed E-state index contributed by atoms with van der Waals surface area (Å²) in [4.78, 5) is 12.4. The Labute approximate surface area is 174 Å². The second kappa shape index (κ2) is 6.95. The first-order valence-electron chi connectivity index (χ1n) is 10.5. The minimum Gasteiger partial charge on any atom is -0.482 e. The first kappa shape index (κ1) is 17.7. The maximum Gasteiger partial charge on any atom is 0.181 e. The lowest BCUT2D eigenvalue weighted by Gasteiger charge is -2.26. The largest absolute Gasteiger partial charge is 0.482 e. The minimum atomic E-state index is -0.113. The van der Waals surface area contributed by atoms with Crippen LogP contribution < -0.4 is 4.74 Å². The van der Waals surface area contributed by atoms with E-state index < -0.39 is 0 Å². The van der Waals surface area contributed by atoms with Crippen LogP contribution in [0, 0.1) is 6.92 Å². The standard InChI is InChI=1S/C23H23N5O2/c1-14-2-6-20-15(10-14)4-7-21(30-20)23-26-22(27-28(23)17-8-9-29-12-17)16-3-5-18-19(11-16)25-13-24-18/h2-3,5-6,10-11,13,17,21H,4,7-9,12H2,1H3,(H,24,25). The van der Waals surface area contributed by atoms with E-state index in [0.29, 0.717) is 12.4 Å². The summed E-state index contributed by atoms with van der Waals surface area (Å²) < 4.78 is 14.1. The Morgan fingerprint density at radius 2 is 2.10 bits per heavy atom. The Morgan fingerprint density at radius 1 is 1.13 bits per heavy atom. The molecule has 0 radical (unpaired) electrons. The molecule has 2 aliphatic rings. The fourth-order valence-electron chi connectivity index (χ4n) is 4.43. The number of rotatable bonds is 3. The molecular formula is C23H23N5O2. The number of hydrogen-bond donors (Lipinski definition) is 1. The smallest absolute Gasteiger partial charge is 0.181 e. The van der Waals surface area contributed by atoms with Gasteiger partial charge in [-0.2, -0.15) is 5.10 Å². The quantitative estimate of drug-likeness (QED) is 0.558. The molecule has 2 unspecified atom stereocenters. The lowest BCUT2D eigenvalue weighted by atomic mass is 10.00. The number of benzene rings is 2. The van der Waals surface area contributed by atoms with Crippen LogP contribution in [-0.2, 0) is 11.2 Å². The Balaban J connectivity index is 1.40. The van der Waals surface area contributed by atoms with Crippen molar-refractivity contribution in [2.45, 2.75) is 38.3 Å². The predicted molar refractivity (Wildman–Crippen MR) is 112 cm³/mol. The fourth-order valence-corrected chi connectivity index (χ4v) is 4.43. The van der Waals surface area contributed by atoms with Gasteiger partial charge < -0.3 is 14.5 Å². The molecule has 7 nitrogen and oxygen atoms in total. The van der Waals surface area contributed by atoms with Gasteiger partial charge in [-0.25, -0.2) is 14.6 Å². The van der Waals surface area contributed by atoms with E-state index in [-0.39, 0.29) is 12.1 Å². The van der Waals surface area contributed by atoms with E-state index in [4.69, 9.17) is 19.6 Å². The molecule has 30 heavy (non-hydrogen) atoms. The van der Waals surface area contributed by atoms with Gasteiger partial charge in [-0.1, -0.05) is 17.7 Å². The number of fused-ring (bicyclic) bond motifs is 2. The molecule has 0 amide bonds. The van der Waals surface area contributed by atoms with Crippen LogP contribution in [0.3, 0.4) is 0 Å². The average Bonchev–Trinajstić information content (AvgIpc) is 3.52. The van der Waals surface area contributed by atoms with E-state index >= 15 is 0 Å². The monoisotopic (exact) mass is 401 g/mol. The first-order valence-corrected chi connectivity index (χ1v) is 10.5. The van der Waals surface area contributed by atoms with Crippen molar-refractivity contribution < 1.29 is 9.47 Å². The van der Waals surface area contributed by atoms with Gasteiger partial charge in [0.25, 0.3) is 0 Å². The first-order chi connectivity index (χ1) is 14.7. The lowest BCUT2D eigenvalue weighted by Crippen LogP contribution is -2.22. The fraction of sp³-hybridized carbons (Fsp3) is 0.348. The highest BCUT2D eigenvalue weighted by atomic mass is 16.5. The van der Waals surface area contributed by atoms with E-state index in [9.17, 15) is 0 Å². The summed E-state index contributed by atoms with van der Waals surface area (Å²) in [6, 6.07) is 12.7. The van der Waals surface area contributed by atoms with Crippen molar-refractivity contribution in [2.24, 2.45) is 0 Å². The van der Waals surface area contributed by atoms with Crippen LogP contribution in [0.1, 0.15) is 41.9 Å². The zero-order chi connectivity index (χ0) is 20.1. The lowest BCUT2D eigenvalue weighted by molar-refractivity contribution is 0.151. The number of H-pyrrole nitrogens is 1. The van der Waals surface area contributed by atoms with Gasteiger partial charge in [0, 0.05) is 12.2 Å². The van der Waals surface area contributed by atoms with Crippen LogP contribution >= 0.6 is 0 Å². The molecule has 0 spiro atoms. The second-order valence-electron chi connectivity index (χ2n) is 8.15. The van der Waals surface area contributed by atoms with Gasteiger partial charge in [0.1, 0.15) is 5.75 Å². The molecule has 1 N–H and O–H groups in total. The van der Waals surface area contributed by atoms with Crippen molar-refractivity contribution in [2.75, 3.05) is 13.2 Å². The average molecular weight is 401 g/mol. The van der Waals surface area contributed by atoms with Gasteiger partial charge in [0.2, 0.25) is 0 Å². The number of aryl methyl sites for hydroxylation is 2. The molecule has 0 bridgehead atoms. The highest BCUT2D eigenvalue weighted by Gasteiger charge is 2.31. The normalized spacial score (nSPS) is 21.0. The van der Waals surface area contributed by atoms with Crippen molar-refractivity contribution in [3.63, 3.8) is 0 Å². The summed E-state index contributed by atoms with van der Waals surface area (Å²) >= 11 is 0. The number of nitrogens with zero attached hydrogens (tertiary/aromatic N) is 4. The molecule has 6 rings (SSSR count). The predicted octanol–water partition coefficient (Wildman–Crippen LogP) is 4.16. The number of hydrogen-bond acceptors (Lipinski definition) is 5. The number of aromatic amines is 1. The van der Waals surface area contributed by atoms with E-state index in [1.54, 1.807) is 6.33 Å². The zero-order valence-corrected chi connectivity index (χ0v) is 16.8. The van der Waals surface area contributed by atoms with Gasteiger partial charge in [-0.15, -0.1) is 0 Å². The van der Waals surface area contributed by atoms with Gasteiger partial charge in [0.15, 0.2) is 17.8 Å². The Kier molecular flexibility index (Phi) is 4.09. The number of aromatic nitrogens is 5. The molecule has 1 fully saturated rings. The third kappa shape index (κ3) is 2.97.